The molecule has 0 spiro atoms. The Hall–Kier alpha value is -18.6. The fourth-order valence-corrected chi connectivity index (χ4v) is 16.9. The molecule has 0 fully saturated rings. The first-order valence-electron chi connectivity index (χ1n) is 41.1. The van der Waals surface area contributed by atoms with Crippen LogP contribution in [0.25, 0.3) is 88.5 Å². The largest absolute Gasteiger partial charge is 0.459 e. The lowest BCUT2D eigenvalue weighted by molar-refractivity contribution is 0.0989. The van der Waals surface area contributed by atoms with Crippen LogP contribution in [0.15, 0.2) is 367 Å². The summed E-state index contributed by atoms with van der Waals surface area (Å²) in [6.07, 6.45) is 13.5. The van der Waals surface area contributed by atoms with Gasteiger partial charge in [0, 0.05) is 77.9 Å². The molecule has 15 heterocycles. The molecule has 32 nitrogen and oxygen atoms in total. The number of anilines is 7. The molecule has 0 aliphatic carbocycles. The van der Waals surface area contributed by atoms with Crippen LogP contribution in [0.4, 0.5) is 60.5 Å². The van der Waals surface area contributed by atoms with Crippen molar-refractivity contribution in [3.63, 3.8) is 0 Å². The molecule has 0 bridgehead atoms. The molecule has 142 heavy (non-hydrogen) atoms. The van der Waals surface area contributed by atoms with E-state index in [0.29, 0.717) is 86.8 Å². The fraction of sp³-hybridized carbons (Fsp3) is 0. The third kappa shape index (κ3) is 27.4. The van der Waals surface area contributed by atoms with Gasteiger partial charge < -0.3 is 30.9 Å². The van der Waals surface area contributed by atoms with E-state index in [1.807, 2.05) is 64.7 Å². The number of rotatable bonds is 21. The van der Waals surface area contributed by atoms with Crippen molar-refractivity contribution in [3.05, 3.63) is 423 Å². The van der Waals surface area contributed by atoms with Crippen LogP contribution in [0.5, 0.6) is 0 Å². The van der Waals surface area contributed by atoms with Gasteiger partial charge in [0.2, 0.25) is 0 Å². The Morgan fingerprint density at radius 2 is 0.570 bits per heavy atom. The normalized spacial score (nSPS) is 10.3. The maximum absolute atomic E-state index is 13.6. The average Bonchev–Trinajstić information content (AvgIpc) is 1.66. The molecular weight excluding hydrogens is 1960 g/mol. The summed E-state index contributed by atoms with van der Waals surface area (Å²) in [5, 5.41) is 43.6. The SMILES string of the molecule is N#Cc1ccccc1-c1csc(NC(=O)c2ccco2)n1.O=C(Nc1nc(-c2ccc(F)cc2)cs1)c1ccco1.O=C(Nc1nc(-c2cccc(F)c2)cs1)c1ccco1.O=C(Nc1nc(-c2ccccc2F)cs1)c1ccco1.O=C(Nc1nc(-c2ccncc2)cs1)c1ccco1.[C-]#[N+]c1ccc(-c2csc(NC(=O)c3ccco3)n2)cc1.[C-]#[N+]c1cccc(-c2csc(NC(=O)c3ccco3)n2)c1. The van der Waals surface area contributed by atoms with Gasteiger partial charge in [0.15, 0.2) is 87.6 Å². The van der Waals surface area contributed by atoms with E-state index < -0.39 is 0 Å². The summed E-state index contributed by atoms with van der Waals surface area (Å²) < 4.78 is 74.7. The molecule has 700 valence electrons. The van der Waals surface area contributed by atoms with Crippen LogP contribution in [0.1, 0.15) is 79.4 Å². The zero-order valence-electron chi connectivity index (χ0n) is 72.5. The summed E-state index contributed by atoms with van der Waals surface area (Å²) in [7, 11) is 0. The minimum absolute atomic E-state index is 0.202. The summed E-state index contributed by atoms with van der Waals surface area (Å²) >= 11 is 9.11. The topological polar surface area (TPSA) is 431 Å². The number of pyridine rings is 1. The lowest BCUT2D eigenvalue weighted by Crippen LogP contribution is -2.10. The van der Waals surface area contributed by atoms with E-state index in [0.717, 1.165) is 44.9 Å². The minimum Gasteiger partial charge on any atom is -0.459 e. The Balaban J connectivity index is 0.000000125. The summed E-state index contributed by atoms with van der Waals surface area (Å²) in [6, 6.07) is 68.5. The molecule has 21 aromatic rings. The third-order valence-corrected chi connectivity index (χ3v) is 23.9. The minimum atomic E-state index is -0.385. The van der Waals surface area contributed by atoms with Crippen molar-refractivity contribution in [2.75, 3.05) is 37.2 Å². The van der Waals surface area contributed by atoms with Crippen LogP contribution in [-0.4, -0.2) is 81.2 Å². The Labute approximate surface area is 829 Å². The van der Waals surface area contributed by atoms with Crippen molar-refractivity contribution in [3.8, 4) is 84.9 Å². The number of halogens is 3. The molecule has 0 atom stereocenters. The number of nitrogens with zero attached hydrogens (tertiary/aromatic N) is 11. The Bertz CT molecular complexity index is 7900. The number of furan rings is 7. The molecule has 0 unspecified atom stereocenters. The Kier molecular flexibility index (Phi) is 33.6. The maximum atomic E-state index is 13.6. The van der Waals surface area contributed by atoms with Crippen LogP contribution in [0.2, 0.25) is 0 Å². The molecular formula is C100H63F3N18O14S7. The zero-order chi connectivity index (χ0) is 98.9. The Morgan fingerprint density at radius 3 is 0.894 bits per heavy atom. The van der Waals surface area contributed by atoms with Crippen molar-refractivity contribution < 1.29 is 77.7 Å². The lowest BCUT2D eigenvalue weighted by Gasteiger charge is -1.99. The number of thiazole rings is 7. The highest BCUT2D eigenvalue weighted by Gasteiger charge is 2.21. The molecule has 21 rings (SSSR count). The van der Waals surface area contributed by atoms with E-state index in [2.05, 4.69) is 92.8 Å². The first kappa shape index (κ1) is 97.9. The number of hydrogen-bond acceptors (Lipinski definition) is 30. The number of amides is 7. The molecule has 6 aromatic carbocycles. The first-order chi connectivity index (χ1) is 69.3. The highest BCUT2D eigenvalue weighted by atomic mass is 32.1. The zero-order valence-corrected chi connectivity index (χ0v) is 78.2. The highest BCUT2D eigenvalue weighted by molar-refractivity contribution is 7.16. The van der Waals surface area contributed by atoms with Crippen LogP contribution in [-0.2, 0) is 0 Å². The van der Waals surface area contributed by atoms with Gasteiger partial charge in [-0.25, -0.2) is 57.7 Å². The van der Waals surface area contributed by atoms with E-state index in [9.17, 15) is 46.7 Å². The van der Waals surface area contributed by atoms with Crippen molar-refractivity contribution in [2.24, 2.45) is 0 Å². The second-order valence-electron chi connectivity index (χ2n) is 28.0. The number of nitrogens with one attached hydrogen (secondary N) is 7. The quantitative estimate of drug-likeness (QED) is 0.0329. The molecule has 0 saturated carbocycles. The van der Waals surface area contributed by atoms with Crippen molar-refractivity contribution in [2.45, 2.75) is 0 Å². The monoisotopic (exact) mass is 2020 g/mol. The van der Waals surface area contributed by atoms with E-state index in [1.165, 1.54) is 154 Å². The molecule has 7 amide bonds. The number of carbonyl (C=O) groups excluding carboxylic acids is 7. The predicted octanol–water partition coefficient (Wildman–Crippen LogP) is 26.4. The fourth-order valence-electron chi connectivity index (χ4n) is 11.9. The van der Waals surface area contributed by atoms with Crippen molar-refractivity contribution >= 4 is 168 Å². The highest BCUT2D eigenvalue weighted by Crippen LogP contribution is 2.35. The molecule has 7 N–H and O–H groups in total. The summed E-state index contributed by atoms with van der Waals surface area (Å²) in [5.41, 5.74) is 11.7. The van der Waals surface area contributed by atoms with Crippen molar-refractivity contribution in [1.29, 1.82) is 5.26 Å². The Morgan fingerprint density at radius 1 is 0.282 bits per heavy atom. The number of hydrogen-bond donors (Lipinski definition) is 7. The van der Waals surface area contributed by atoms with Crippen molar-refractivity contribution in [1.82, 2.24) is 39.9 Å². The van der Waals surface area contributed by atoms with Gasteiger partial charge in [-0.3, -0.25) is 75.8 Å². The molecule has 0 aliphatic rings. The first-order valence-corrected chi connectivity index (χ1v) is 47.2. The van der Waals surface area contributed by atoms with Gasteiger partial charge in [0.05, 0.1) is 108 Å². The number of benzene rings is 6. The average molecular weight is 2020 g/mol. The van der Waals surface area contributed by atoms with Gasteiger partial charge in [-0.2, -0.15) is 5.26 Å². The second-order valence-corrected chi connectivity index (χ2v) is 34.0. The molecule has 42 heteroatoms. The van der Waals surface area contributed by atoms with Gasteiger partial charge >= 0.3 is 0 Å². The van der Waals surface area contributed by atoms with Crippen LogP contribution >= 0.6 is 79.4 Å². The molecule has 0 saturated heterocycles. The van der Waals surface area contributed by atoms with Crippen LogP contribution in [0.3, 0.4) is 0 Å². The van der Waals surface area contributed by atoms with E-state index in [1.54, 1.807) is 198 Å². The van der Waals surface area contributed by atoms with E-state index in [-0.39, 0.29) is 99.1 Å². The predicted molar refractivity (Wildman–Crippen MR) is 534 cm³/mol. The molecule has 0 aliphatic heterocycles. The number of aromatic nitrogens is 8. The molecule has 0 radical (unpaired) electrons. The van der Waals surface area contributed by atoms with Crippen LogP contribution < -0.4 is 37.2 Å². The number of carbonyl (C=O) groups is 7. The second kappa shape index (κ2) is 48.7. The van der Waals surface area contributed by atoms with E-state index in [4.69, 9.17) is 49.3 Å². The van der Waals surface area contributed by atoms with Gasteiger partial charge in [-0.15, -0.1) is 79.4 Å². The number of nitriles is 1. The molecule has 15 aromatic heterocycles. The smallest absolute Gasteiger partial charge is 0.293 e. The third-order valence-electron chi connectivity index (χ3n) is 18.6. The summed E-state index contributed by atoms with van der Waals surface area (Å²) in [5.74, 6) is -1.78. The van der Waals surface area contributed by atoms with Gasteiger partial charge in [-0.1, -0.05) is 84.9 Å². The summed E-state index contributed by atoms with van der Waals surface area (Å²) in [6.45, 7) is 13.9. The van der Waals surface area contributed by atoms with E-state index >= 15 is 0 Å². The maximum Gasteiger partial charge on any atom is 0.293 e. The van der Waals surface area contributed by atoms with Crippen LogP contribution in [0, 0.1) is 41.9 Å². The standard InChI is InChI=1S/3C15H9N3O2S.3C14H9FN2O2S.C13H9N3O2S/c1-16-11-5-2-4-10(8-11)12-9-21-15(17-12)18-14(19)13-6-3-7-20-13;1-16-11-6-4-10(5-7-11)12-9-21-15(17-12)18-14(19)13-3-2-8-20-13;16-8-10-4-1-2-5-11(10)12-9-21-15(17-12)18-14(19)13-6-3-7-20-13;15-10-4-1-3-9(7-10)11-8-20-14(16-11)17-13(18)12-5-2-6-19-12;15-10-5-3-9(4-6-10)11-8-20-14(16-11)17-13(18)12-2-1-7-19-12;15-10-5-2-1-4-9(10)11-8-20-14(16-11)17-13(18)12-6-3-7-19-12;17-12(11-2-1-7-18-11)16-13-15-10(8-19-13)9-3-5-14-6-4-9/h2*2-9H,(H,17,18,19);1-7,9H,(H,17,18,19);3*1-8H,(H,16,17,18);1-8H,(H,15,16,17). The van der Waals surface area contributed by atoms with Gasteiger partial charge in [0.1, 0.15) is 17.5 Å². The van der Waals surface area contributed by atoms with Gasteiger partial charge in [0.25, 0.3) is 41.4 Å². The lowest BCUT2D eigenvalue weighted by atomic mass is 10.1. The van der Waals surface area contributed by atoms with Gasteiger partial charge in [-0.05, 0) is 169 Å². The summed E-state index contributed by atoms with van der Waals surface area (Å²) in [4.78, 5) is 123.